The van der Waals surface area contributed by atoms with Gasteiger partial charge < -0.3 is 26.6 Å². The molecule has 0 radical (unpaired) electrons. The van der Waals surface area contributed by atoms with E-state index in [-0.39, 0.29) is 35.6 Å². The Morgan fingerprint density at radius 2 is 1.82 bits per heavy atom. The molecule has 2 heterocycles. The molecule has 0 spiro atoms. The molecule has 7 N–H and O–H groups in total. The first-order valence-corrected chi connectivity index (χ1v) is 11.1. The predicted octanol–water partition coefficient (Wildman–Crippen LogP) is 1.48. The van der Waals surface area contributed by atoms with Crippen molar-refractivity contribution in [2.24, 2.45) is 0 Å². The molecule has 1 atom stereocenters. The minimum absolute atomic E-state index is 0.0366. The number of carboxylic acids is 2. The van der Waals surface area contributed by atoms with E-state index in [2.05, 4.69) is 62.4 Å². The molecular weight excluding hydrogens is 582 g/mol. The number of benzene rings is 1. The zero-order valence-corrected chi connectivity index (χ0v) is 20.3. The summed E-state index contributed by atoms with van der Waals surface area (Å²) < 4.78 is 0.955. The Hall–Kier alpha value is -3.59. The number of carbonyl (C=O) groups is 3. The lowest BCUT2D eigenvalue weighted by molar-refractivity contribution is -0.140. The molecule has 178 valence electrons. The molecule has 0 fully saturated rings. The van der Waals surface area contributed by atoms with Crippen molar-refractivity contribution in [3.05, 3.63) is 48.9 Å². The van der Waals surface area contributed by atoms with Crippen LogP contribution in [0.3, 0.4) is 0 Å². The van der Waals surface area contributed by atoms with E-state index >= 15 is 0 Å². The number of nitrogens with two attached hydrogens (primary N) is 1. The Kier molecular flexibility index (Phi) is 7.78. The fraction of sp³-hybridized carbons (Fsp3) is 0.211. The average Bonchev–Trinajstić information content (AvgIpc) is 2.75. The van der Waals surface area contributed by atoms with Gasteiger partial charge in [0.25, 0.3) is 11.5 Å². The summed E-state index contributed by atoms with van der Waals surface area (Å²) in [6.45, 7) is 0.172. The molecule has 3 rings (SSSR count). The Morgan fingerprint density at radius 1 is 1.15 bits per heavy atom. The number of rotatable bonds is 9. The van der Waals surface area contributed by atoms with Crippen molar-refractivity contribution >= 4 is 72.5 Å². The third-order valence-electron chi connectivity index (χ3n) is 4.49. The van der Waals surface area contributed by atoms with Gasteiger partial charge in [-0.1, -0.05) is 0 Å². The Labute approximate surface area is 207 Å². The number of nitrogens with one attached hydrogen (secondary N) is 3. The van der Waals surface area contributed by atoms with Gasteiger partial charge in [0.2, 0.25) is 5.95 Å². The van der Waals surface area contributed by atoms with Gasteiger partial charge in [0, 0.05) is 20.9 Å². The van der Waals surface area contributed by atoms with Crippen LogP contribution < -0.4 is 21.9 Å². The van der Waals surface area contributed by atoms with Crippen LogP contribution in [0, 0.1) is 0 Å². The first-order valence-electron chi connectivity index (χ1n) is 9.55. The van der Waals surface area contributed by atoms with Crippen LogP contribution in [0.25, 0.3) is 11.2 Å². The van der Waals surface area contributed by atoms with Gasteiger partial charge >= 0.3 is 11.9 Å². The van der Waals surface area contributed by atoms with Gasteiger partial charge in [-0.2, -0.15) is 4.98 Å². The summed E-state index contributed by atoms with van der Waals surface area (Å²) in [4.78, 5) is 61.2. The molecular formula is C19H17Br2N7O6. The van der Waals surface area contributed by atoms with Crippen LogP contribution in [-0.4, -0.2) is 54.0 Å². The molecule has 0 bridgehead atoms. The summed E-state index contributed by atoms with van der Waals surface area (Å²) in [7, 11) is 0. The lowest BCUT2D eigenvalue weighted by Crippen LogP contribution is -2.41. The number of hydrogen-bond donors (Lipinski definition) is 6. The lowest BCUT2D eigenvalue weighted by atomic mass is 10.1. The number of fused-ring (bicyclic) bond motifs is 1. The van der Waals surface area contributed by atoms with Gasteiger partial charge in [-0.15, -0.1) is 0 Å². The zero-order valence-electron chi connectivity index (χ0n) is 17.1. The van der Waals surface area contributed by atoms with Crippen LogP contribution in [0.15, 0.2) is 32.1 Å². The maximum Gasteiger partial charge on any atom is 0.326 e. The molecule has 3 aromatic rings. The topological polar surface area (TPSA) is 213 Å². The van der Waals surface area contributed by atoms with E-state index in [0.717, 1.165) is 0 Å². The van der Waals surface area contributed by atoms with Crippen LogP contribution in [0.4, 0.5) is 11.6 Å². The second-order valence-electron chi connectivity index (χ2n) is 6.95. The molecule has 34 heavy (non-hydrogen) atoms. The van der Waals surface area contributed by atoms with Crippen molar-refractivity contribution in [1.82, 2.24) is 25.3 Å². The van der Waals surface area contributed by atoms with Gasteiger partial charge in [0.1, 0.15) is 6.04 Å². The van der Waals surface area contributed by atoms with Crippen molar-refractivity contribution in [1.29, 1.82) is 0 Å². The number of hydrogen-bond acceptors (Lipinski definition) is 9. The summed E-state index contributed by atoms with van der Waals surface area (Å²) >= 11 is 6.73. The summed E-state index contributed by atoms with van der Waals surface area (Å²) in [5.74, 6) is -3.25. The van der Waals surface area contributed by atoms with E-state index in [1.807, 2.05) is 0 Å². The van der Waals surface area contributed by atoms with Crippen LogP contribution in [0.2, 0.25) is 0 Å². The van der Waals surface area contributed by atoms with Gasteiger partial charge in [-0.3, -0.25) is 19.4 Å². The van der Waals surface area contributed by atoms with Crippen molar-refractivity contribution in [2.45, 2.75) is 25.4 Å². The number of amides is 1. The van der Waals surface area contributed by atoms with E-state index in [4.69, 9.17) is 10.8 Å². The summed E-state index contributed by atoms with van der Waals surface area (Å²) in [5, 5.41) is 23.4. The van der Waals surface area contributed by atoms with Crippen molar-refractivity contribution in [3.8, 4) is 0 Å². The standard InChI is InChI=1S/C19H17Br2N7O6/c20-9-3-7(16(31)26-11(18(33)34)1-2-12(29)30)4-10(21)13(9)23-5-8-6-24-15-14(25-8)17(32)28-19(22)27-15/h3-4,6,11,23H,1-2,5H2,(H,26,31)(H,29,30)(H,33,34)(H3,22,24,27,28,32). The molecule has 1 amide bonds. The highest BCUT2D eigenvalue weighted by Crippen LogP contribution is 2.33. The number of carbonyl (C=O) groups excluding carboxylic acids is 1. The van der Waals surface area contributed by atoms with Crippen molar-refractivity contribution in [2.75, 3.05) is 11.1 Å². The van der Waals surface area contributed by atoms with Crippen molar-refractivity contribution in [3.63, 3.8) is 0 Å². The molecule has 1 aromatic carbocycles. The Bertz CT molecular complexity index is 1320. The third-order valence-corrected chi connectivity index (χ3v) is 5.74. The lowest BCUT2D eigenvalue weighted by Gasteiger charge is -2.16. The molecule has 0 saturated heterocycles. The molecule has 0 aliphatic heterocycles. The van der Waals surface area contributed by atoms with E-state index in [9.17, 15) is 24.3 Å². The Balaban J connectivity index is 1.74. The van der Waals surface area contributed by atoms with E-state index in [1.165, 1.54) is 18.3 Å². The fourth-order valence-corrected chi connectivity index (χ4v) is 4.34. The highest BCUT2D eigenvalue weighted by atomic mass is 79.9. The quantitative estimate of drug-likeness (QED) is 0.207. The number of aromatic amines is 1. The van der Waals surface area contributed by atoms with E-state index < -0.39 is 35.9 Å². The molecule has 13 nitrogen and oxygen atoms in total. The molecule has 0 saturated carbocycles. The minimum Gasteiger partial charge on any atom is -0.481 e. The fourth-order valence-electron chi connectivity index (χ4n) is 2.87. The number of halogens is 2. The smallest absolute Gasteiger partial charge is 0.326 e. The number of H-pyrrole nitrogens is 1. The monoisotopic (exact) mass is 597 g/mol. The summed E-state index contributed by atoms with van der Waals surface area (Å²) in [6, 6.07) is 1.60. The molecule has 1 unspecified atom stereocenters. The van der Waals surface area contributed by atoms with Gasteiger partial charge in [-0.05, 0) is 50.4 Å². The predicted molar refractivity (Wildman–Crippen MR) is 127 cm³/mol. The third kappa shape index (κ3) is 6.05. The maximum atomic E-state index is 12.5. The van der Waals surface area contributed by atoms with Gasteiger partial charge in [0.05, 0.1) is 24.1 Å². The van der Waals surface area contributed by atoms with Crippen LogP contribution in [-0.2, 0) is 16.1 Å². The van der Waals surface area contributed by atoms with E-state index in [0.29, 0.717) is 20.3 Å². The normalized spacial score (nSPS) is 11.7. The van der Waals surface area contributed by atoms with Crippen LogP contribution in [0.1, 0.15) is 28.9 Å². The molecule has 2 aromatic heterocycles. The first-order chi connectivity index (χ1) is 16.0. The van der Waals surface area contributed by atoms with Gasteiger partial charge in [0.15, 0.2) is 11.2 Å². The highest BCUT2D eigenvalue weighted by molar-refractivity contribution is 9.11. The number of anilines is 2. The largest absolute Gasteiger partial charge is 0.481 e. The second kappa shape index (κ2) is 10.6. The minimum atomic E-state index is -1.35. The maximum absolute atomic E-state index is 12.5. The van der Waals surface area contributed by atoms with E-state index in [1.54, 1.807) is 0 Å². The van der Waals surface area contributed by atoms with Crippen molar-refractivity contribution < 1.29 is 24.6 Å². The molecule has 0 aliphatic rings. The van der Waals surface area contributed by atoms with Crippen LogP contribution >= 0.6 is 31.9 Å². The zero-order chi connectivity index (χ0) is 25.0. The Morgan fingerprint density at radius 3 is 2.44 bits per heavy atom. The molecule has 15 heteroatoms. The highest BCUT2D eigenvalue weighted by Gasteiger charge is 2.22. The van der Waals surface area contributed by atoms with Crippen LogP contribution in [0.5, 0.6) is 0 Å². The number of nitrogen functional groups attached to an aromatic ring is 1. The van der Waals surface area contributed by atoms with Gasteiger partial charge in [-0.25, -0.2) is 14.8 Å². The molecule has 0 aliphatic carbocycles. The number of carboxylic acid groups (broad SMARTS) is 2. The second-order valence-corrected chi connectivity index (χ2v) is 8.66. The number of aromatic nitrogens is 4. The number of nitrogens with zero attached hydrogens (tertiary/aromatic N) is 3. The average molecular weight is 599 g/mol. The SMILES string of the molecule is Nc1nc2ncc(CNc3c(Br)cc(C(=O)NC(CCC(=O)O)C(=O)O)cc3Br)nc2c(=O)[nH]1. The first kappa shape index (κ1) is 25.0. The summed E-state index contributed by atoms with van der Waals surface area (Å²) in [5.41, 5.74) is 6.27. The number of aliphatic carboxylic acids is 2. The summed E-state index contributed by atoms with van der Waals surface area (Å²) in [6.07, 6.45) is 0.782.